The number of nitrogens with zero attached hydrogens (tertiary/aromatic N) is 1. The van der Waals surface area contributed by atoms with E-state index in [4.69, 9.17) is 4.74 Å². The summed E-state index contributed by atoms with van der Waals surface area (Å²) in [7, 11) is 0. The van der Waals surface area contributed by atoms with Crippen LogP contribution in [-0.2, 0) is 0 Å². The van der Waals surface area contributed by atoms with Crippen molar-refractivity contribution in [2.45, 2.75) is 78.1 Å². The standard InChI is InChI=1S/C22H33NO/c1-3-4-5-6-7-8-9-10-11-12-18-24-21-15-13-14-20-17-16-19(2)23-22(20)21/h13-17H,3-12,18H2,1-2H3. The molecule has 1 aromatic heterocycles. The zero-order chi connectivity index (χ0) is 17.0. The highest BCUT2D eigenvalue weighted by atomic mass is 16.5. The molecular formula is C22H33NO. The van der Waals surface area contributed by atoms with E-state index in [-0.39, 0.29) is 0 Å². The molecule has 0 aliphatic rings. The first-order valence-corrected chi connectivity index (χ1v) is 9.80. The van der Waals surface area contributed by atoms with Gasteiger partial charge in [0.15, 0.2) is 0 Å². The first-order chi connectivity index (χ1) is 11.8. The van der Waals surface area contributed by atoms with Crippen molar-refractivity contribution in [3.63, 3.8) is 0 Å². The smallest absolute Gasteiger partial charge is 0.145 e. The highest BCUT2D eigenvalue weighted by molar-refractivity contribution is 5.84. The van der Waals surface area contributed by atoms with E-state index < -0.39 is 0 Å². The molecule has 24 heavy (non-hydrogen) atoms. The fraction of sp³-hybridized carbons (Fsp3) is 0.591. The van der Waals surface area contributed by atoms with Crippen LogP contribution in [0.1, 0.15) is 76.8 Å². The summed E-state index contributed by atoms with van der Waals surface area (Å²) in [6.07, 6.45) is 13.5. The van der Waals surface area contributed by atoms with Crippen LogP contribution in [0, 0.1) is 6.92 Å². The van der Waals surface area contributed by atoms with Gasteiger partial charge in [0.1, 0.15) is 11.3 Å². The lowest BCUT2D eigenvalue weighted by Crippen LogP contribution is -1.99. The first-order valence-electron chi connectivity index (χ1n) is 9.80. The Labute approximate surface area is 147 Å². The van der Waals surface area contributed by atoms with Gasteiger partial charge in [-0.1, -0.05) is 82.9 Å². The number of benzene rings is 1. The van der Waals surface area contributed by atoms with Crippen LogP contribution < -0.4 is 4.74 Å². The van der Waals surface area contributed by atoms with Gasteiger partial charge in [-0.15, -0.1) is 0 Å². The third-order valence-corrected chi connectivity index (χ3v) is 4.58. The Bertz CT molecular complexity index is 594. The maximum Gasteiger partial charge on any atom is 0.145 e. The molecule has 1 heterocycles. The van der Waals surface area contributed by atoms with Crippen molar-refractivity contribution in [1.82, 2.24) is 4.98 Å². The lowest BCUT2D eigenvalue weighted by Gasteiger charge is -2.09. The number of para-hydroxylation sites is 1. The molecule has 2 nitrogen and oxygen atoms in total. The first kappa shape index (κ1) is 18.8. The minimum Gasteiger partial charge on any atom is -0.491 e. The Kier molecular flexibility index (Phi) is 8.65. The van der Waals surface area contributed by atoms with E-state index in [9.17, 15) is 0 Å². The van der Waals surface area contributed by atoms with Gasteiger partial charge in [-0.25, -0.2) is 4.98 Å². The lowest BCUT2D eigenvalue weighted by atomic mass is 10.1. The molecule has 2 aromatic rings. The molecule has 0 atom stereocenters. The van der Waals surface area contributed by atoms with Crippen molar-refractivity contribution in [1.29, 1.82) is 0 Å². The number of hydrogen-bond donors (Lipinski definition) is 0. The largest absolute Gasteiger partial charge is 0.491 e. The average molecular weight is 328 g/mol. The summed E-state index contributed by atoms with van der Waals surface area (Å²) < 4.78 is 5.98. The maximum absolute atomic E-state index is 5.98. The average Bonchev–Trinajstić information content (AvgIpc) is 2.60. The number of ether oxygens (including phenoxy) is 1. The van der Waals surface area contributed by atoms with Crippen molar-refractivity contribution in [2.24, 2.45) is 0 Å². The van der Waals surface area contributed by atoms with Crippen LogP contribution in [0.15, 0.2) is 30.3 Å². The summed E-state index contributed by atoms with van der Waals surface area (Å²) in [4.78, 5) is 4.62. The Morgan fingerprint density at radius 3 is 2.17 bits per heavy atom. The van der Waals surface area contributed by atoms with Gasteiger partial charge < -0.3 is 4.74 Å². The normalized spacial score (nSPS) is 11.1. The van der Waals surface area contributed by atoms with Crippen molar-refractivity contribution in [3.05, 3.63) is 36.0 Å². The Morgan fingerprint density at radius 2 is 1.46 bits per heavy atom. The second-order valence-corrected chi connectivity index (χ2v) is 6.81. The highest BCUT2D eigenvalue weighted by Crippen LogP contribution is 2.24. The van der Waals surface area contributed by atoms with Crippen molar-refractivity contribution < 1.29 is 4.74 Å². The van der Waals surface area contributed by atoms with E-state index in [2.05, 4.69) is 24.0 Å². The van der Waals surface area contributed by atoms with Gasteiger partial charge in [0.05, 0.1) is 6.61 Å². The zero-order valence-electron chi connectivity index (χ0n) is 15.5. The number of aromatic nitrogens is 1. The summed E-state index contributed by atoms with van der Waals surface area (Å²) in [5.41, 5.74) is 2.03. The quantitative estimate of drug-likeness (QED) is 0.398. The maximum atomic E-state index is 5.98. The molecule has 0 spiro atoms. The second kappa shape index (κ2) is 11.1. The van der Waals surface area contributed by atoms with E-state index in [0.717, 1.165) is 35.4 Å². The van der Waals surface area contributed by atoms with Crippen LogP contribution in [0.4, 0.5) is 0 Å². The molecule has 0 saturated carbocycles. The molecule has 2 heteroatoms. The van der Waals surface area contributed by atoms with Crippen LogP contribution in [0.25, 0.3) is 10.9 Å². The van der Waals surface area contributed by atoms with Crippen molar-refractivity contribution in [3.8, 4) is 5.75 Å². The van der Waals surface area contributed by atoms with Gasteiger partial charge in [-0.2, -0.15) is 0 Å². The number of aryl methyl sites for hydroxylation is 1. The predicted molar refractivity (Wildman–Crippen MR) is 104 cm³/mol. The second-order valence-electron chi connectivity index (χ2n) is 6.81. The minimum absolute atomic E-state index is 0.797. The molecule has 0 saturated heterocycles. The van der Waals surface area contributed by atoms with E-state index in [1.54, 1.807) is 0 Å². The molecule has 0 aliphatic carbocycles. The molecule has 0 aliphatic heterocycles. The van der Waals surface area contributed by atoms with Gasteiger partial charge in [0, 0.05) is 11.1 Å². The third kappa shape index (κ3) is 6.51. The summed E-state index contributed by atoms with van der Waals surface area (Å²) in [6.45, 7) is 5.10. The SMILES string of the molecule is CCCCCCCCCCCCOc1cccc2ccc(C)nc12. The number of rotatable bonds is 12. The fourth-order valence-corrected chi connectivity index (χ4v) is 3.11. The van der Waals surface area contributed by atoms with Crippen LogP contribution >= 0.6 is 0 Å². The van der Waals surface area contributed by atoms with Crippen LogP contribution in [0.3, 0.4) is 0 Å². The van der Waals surface area contributed by atoms with Gasteiger partial charge in [0.2, 0.25) is 0 Å². The molecule has 0 radical (unpaired) electrons. The van der Waals surface area contributed by atoms with Crippen LogP contribution in [0.5, 0.6) is 5.75 Å². The van der Waals surface area contributed by atoms with Gasteiger partial charge in [0.25, 0.3) is 0 Å². The predicted octanol–water partition coefficient (Wildman–Crippen LogP) is 6.84. The van der Waals surface area contributed by atoms with Gasteiger partial charge in [-0.05, 0) is 25.5 Å². The van der Waals surface area contributed by atoms with Crippen molar-refractivity contribution in [2.75, 3.05) is 6.61 Å². The van der Waals surface area contributed by atoms with E-state index in [1.807, 2.05) is 25.1 Å². The topological polar surface area (TPSA) is 22.1 Å². The molecule has 0 unspecified atom stereocenters. The Morgan fingerprint density at radius 1 is 0.792 bits per heavy atom. The van der Waals surface area contributed by atoms with Crippen molar-refractivity contribution >= 4 is 10.9 Å². The Hall–Kier alpha value is -1.57. The fourth-order valence-electron chi connectivity index (χ4n) is 3.11. The zero-order valence-corrected chi connectivity index (χ0v) is 15.5. The summed E-state index contributed by atoms with van der Waals surface area (Å²) >= 11 is 0. The molecule has 132 valence electrons. The third-order valence-electron chi connectivity index (χ3n) is 4.58. The van der Waals surface area contributed by atoms with E-state index in [1.165, 1.54) is 57.8 Å². The molecular weight excluding hydrogens is 294 g/mol. The molecule has 0 bridgehead atoms. The summed E-state index contributed by atoms with van der Waals surface area (Å²) in [5.74, 6) is 0.923. The summed E-state index contributed by atoms with van der Waals surface area (Å²) in [5, 5.41) is 1.15. The highest BCUT2D eigenvalue weighted by Gasteiger charge is 2.03. The van der Waals surface area contributed by atoms with Crippen LogP contribution in [-0.4, -0.2) is 11.6 Å². The molecule has 2 rings (SSSR count). The number of fused-ring (bicyclic) bond motifs is 1. The number of unbranched alkanes of at least 4 members (excludes halogenated alkanes) is 9. The number of hydrogen-bond acceptors (Lipinski definition) is 2. The number of pyridine rings is 1. The molecule has 0 amide bonds. The minimum atomic E-state index is 0.797. The molecule has 1 aromatic carbocycles. The van der Waals surface area contributed by atoms with E-state index >= 15 is 0 Å². The van der Waals surface area contributed by atoms with Crippen LogP contribution in [0.2, 0.25) is 0 Å². The Balaban J connectivity index is 1.59. The lowest BCUT2D eigenvalue weighted by molar-refractivity contribution is 0.307. The molecule has 0 N–H and O–H groups in total. The van der Waals surface area contributed by atoms with Gasteiger partial charge >= 0.3 is 0 Å². The van der Waals surface area contributed by atoms with E-state index in [0.29, 0.717) is 0 Å². The monoisotopic (exact) mass is 327 g/mol. The summed E-state index contributed by atoms with van der Waals surface area (Å²) in [6, 6.07) is 10.3. The van der Waals surface area contributed by atoms with Gasteiger partial charge in [-0.3, -0.25) is 0 Å². The molecule has 0 fully saturated rings.